The second-order valence-corrected chi connectivity index (χ2v) is 5.87. The van der Waals surface area contributed by atoms with Crippen LogP contribution in [0, 0.1) is 0 Å². The minimum Gasteiger partial charge on any atom is -0.497 e. The molecule has 5 heteroatoms. The van der Waals surface area contributed by atoms with E-state index in [2.05, 4.69) is 5.10 Å². The molecule has 5 nitrogen and oxygen atoms in total. The Hall–Kier alpha value is -3.08. The molecular weight excluding hydrogens is 326 g/mol. The van der Waals surface area contributed by atoms with Crippen molar-refractivity contribution in [1.82, 2.24) is 14.7 Å². The first kappa shape index (κ1) is 17.7. The monoisotopic (exact) mass is 349 g/mol. The predicted molar refractivity (Wildman–Crippen MR) is 103 cm³/mol. The van der Waals surface area contributed by atoms with Crippen LogP contribution >= 0.6 is 0 Å². The standard InChI is InChI=1S/C21H23N3O2/c1-4-23(5-2)21(25)19-15-20(16-11-13-18(26-3)14-12-16)24(22-19)17-9-7-6-8-10-17/h6-15H,4-5H2,1-3H3. The van der Waals surface area contributed by atoms with Crippen LogP contribution in [-0.4, -0.2) is 40.8 Å². The highest BCUT2D eigenvalue weighted by Gasteiger charge is 2.20. The Morgan fingerprint density at radius 2 is 1.69 bits per heavy atom. The molecule has 3 rings (SSSR count). The molecule has 0 unspecified atom stereocenters. The van der Waals surface area contributed by atoms with Gasteiger partial charge in [0.05, 0.1) is 18.5 Å². The second-order valence-electron chi connectivity index (χ2n) is 5.87. The molecule has 26 heavy (non-hydrogen) atoms. The van der Waals surface area contributed by atoms with Gasteiger partial charge in [-0.1, -0.05) is 18.2 Å². The van der Waals surface area contributed by atoms with E-state index in [0.29, 0.717) is 18.8 Å². The van der Waals surface area contributed by atoms with Gasteiger partial charge in [0.15, 0.2) is 5.69 Å². The van der Waals surface area contributed by atoms with Gasteiger partial charge in [-0.3, -0.25) is 4.79 Å². The zero-order valence-corrected chi connectivity index (χ0v) is 15.3. The minimum absolute atomic E-state index is 0.0561. The number of benzene rings is 2. The van der Waals surface area contributed by atoms with Crippen LogP contribution in [0.2, 0.25) is 0 Å². The maximum atomic E-state index is 12.8. The number of hydrogen-bond acceptors (Lipinski definition) is 3. The van der Waals surface area contributed by atoms with Gasteiger partial charge in [0, 0.05) is 18.7 Å². The van der Waals surface area contributed by atoms with Gasteiger partial charge in [0.2, 0.25) is 0 Å². The van der Waals surface area contributed by atoms with Crippen LogP contribution in [0.3, 0.4) is 0 Å². The van der Waals surface area contributed by atoms with Crippen LogP contribution in [0.1, 0.15) is 24.3 Å². The fourth-order valence-electron chi connectivity index (χ4n) is 2.89. The van der Waals surface area contributed by atoms with Crippen LogP contribution in [0.15, 0.2) is 60.7 Å². The molecule has 0 saturated heterocycles. The summed E-state index contributed by atoms with van der Waals surface area (Å²) in [6, 6.07) is 19.4. The van der Waals surface area contributed by atoms with Crippen LogP contribution in [0.4, 0.5) is 0 Å². The van der Waals surface area contributed by atoms with Crippen LogP contribution in [0.5, 0.6) is 5.75 Å². The van der Waals surface area contributed by atoms with Crippen LogP contribution in [0.25, 0.3) is 16.9 Å². The molecular formula is C21H23N3O2. The number of carbonyl (C=O) groups is 1. The van der Waals surface area contributed by atoms with Gasteiger partial charge >= 0.3 is 0 Å². The van der Waals surface area contributed by atoms with Gasteiger partial charge in [0.1, 0.15) is 5.75 Å². The molecule has 134 valence electrons. The highest BCUT2D eigenvalue weighted by Crippen LogP contribution is 2.26. The molecule has 1 heterocycles. The molecule has 0 atom stereocenters. The molecule has 0 aliphatic rings. The molecule has 0 bridgehead atoms. The Morgan fingerprint density at radius 1 is 1.04 bits per heavy atom. The van der Waals surface area contributed by atoms with Crippen molar-refractivity contribution in [2.75, 3.05) is 20.2 Å². The van der Waals surface area contributed by atoms with E-state index in [1.54, 1.807) is 12.0 Å². The van der Waals surface area contributed by atoms with E-state index in [4.69, 9.17) is 4.74 Å². The van der Waals surface area contributed by atoms with Gasteiger partial charge in [-0.2, -0.15) is 5.10 Å². The lowest BCUT2D eigenvalue weighted by molar-refractivity contribution is 0.0766. The lowest BCUT2D eigenvalue weighted by Crippen LogP contribution is -2.30. The van der Waals surface area contributed by atoms with Gasteiger partial charge in [-0.25, -0.2) is 4.68 Å². The first-order valence-electron chi connectivity index (χ1n) is 8.77. The largest absolute Gasteiger partial charge is 0.497 e. The predicted octanol–water partition coefficient (Wildman–Crippen LogP) is 4.03. The summed E-state index contributed by atoms with van der Waals surface area (Å²) in [7, 11) is 1.64. The fourth-order valence-corrected chi connectivity index (χ4v) is 2.89. The number of ether oxygens (including phenoxy) is 1. The van der Waals surface area contributed by atoms with Crippen LogP contribution in [-0.2, 0) is 0 Å². The lowest BCUT2D eigenvalue weighted by Gasteiger charge is -2.16. The normalized spacial score (nSPS) is 10.6. The Balaban J connectivity index is 2.10. The Morgan fingerprint density at radius 3 is 2.27 bits per heavy atom. The van der Waals surface area contributed by atoms with Crippen molar-refractivity contribution in [1.29, 1.82) is 0 Å². The van der Waals surface area contributed by atoms with Crippen LogP contribution < -0.4 is 4.74 Å². The molecule has 2 aromatic carbocycles. The molecule has 0 radical (unpaired) electrons. The summed E-state index contributed by atoms with van der Waals surface area (Å²) in [6.07, 6.45) is 0. The summed E-state index contributed by atoms with van der Waals surface area (Å²) < 4.78 is 7.06. The fraction of sp³-hybridized carbons (Fsp3) is 0.238. The van der Waals surface area contributed by atoms with Crippen molar-refractivity contribution < 1.29 is 9.53 Å². The third kappa shape index (κ3) is 3.47. The quantitative estimate of drug-likeness (QED) is 0.675. The average Bonchev–Trinajstić information content (AvgIpc) is 3.15. The SMILES string of the molecule is CCN(CC)C(=O)c1cc(-c2ccc(OC)cc2)n(-c2ccccc2)n1. The lowest BCUT2D eigenvalue weighted by atomic mass is 10.1. The maximum Gasteiger partial charge on any atom is 0.274 e. The highest BCUT2D eigenvalue weighted by molar-refractivity contribution is 5.93. The summed E-state index contributed by atoms with van der Waals surface area (Å²) in [6.45, 7) is 5.26. The number of para-hydroxylation sites is 1. The van der Waals surface area contributed by atoms with E-state index in [1.165, 1.54) is 0 Å². The minimum atomic E-state index is -0.0561. The third-order valence-electron chi connectivity index (χ3n) is 4.37. The van der Waals surface area contributed by atoms with Gasteiger partial charge in [-0.05, 0) is 56.3 Å². The zero-order valence-electron chi connectivity index (χ0n) is 15.3. The number of rotatable bonds is 6. The number of carbonyl (C=O) groups excluding carboxylic acids is 1. The third-order valence-corrected chi connectivity index (χ3v) is 4.37. The Kier molecular flexibility index (Phi) is 5.37. The molecule has 0 saturated carbocycles. The number of hydrogen-bond donors (Lipinski definition) is 0. The Labute approximate surface area is 153 Å². The first-order chi connectivity index (χ1) is 12.7. The van der Waals surface area contributed by atoms with Crippen molar-refractivity contribution in [2.45, 2.75) is 13.8 Å². The van der Waals surface area contributed by atoms with E-state index in [1.807, 2.05) is 79.2 Å². The summed E-state index contributed by atoms with van der Waals surface area (Å²) in [5, 5.41) is 4.61. The molecule has 1 aromatic heterocycles. The number of nitrogens with zero attached hydrogens (tertiary/aromatic N) is 3. The molecule has 0 aliphatic carbocycles. The van der Waals surface area contributed by atoms with E-state index < -0.39 is 0 Å². The maximum absolute atomic E-state index is 12.8. The number of amides is 1. The van der Waals surface area contributed by atoms with Crippen molar-refractivity contribution in [2.24, 2.45) is 0 Å². The van der Waals surface area contributed by atoms with E-state index >= 15 is 0 Å². The summed E-state index contributed by atoms with van der Waals surface area (Å²) in [5.74, 6) is 0.735. The Bertz CT molecular complexity index is 866. The molecule has 0 aliphatic heterocycles. The van der Waals surface area contributed by atoms with Crippen molar-refractivity contribution in [3.63, 3.8) is 0 Å². The molecule has 3 aromatic rings. The average molecular weight is 349 g/mol. The van der Waals surface area contributed by atoms with E-state index in [0.717, 1.165) is 22.7 Å². The smallest absolute Gasteiger partial charge is 0.274 e. The van der Waals surface area contributed by atoms with Crippen molar-refractivity contribution in [3.8, 4) is 22.7 Å². The van der Waals surface area contributed by atoms with E-state index in [9.17, 15) is 4.79 Å². The first-order valence-corrected chi connectivity index (χ1v) is 8.77. The molecule has 1 amide bonds. The highest BCUT2D eigenvalue weighted by atomic mass is 16.5. The number of methoxy groups -OCH3 is 1. The number of aromatic nitrogens is 2. The van der Waals surface area contributed by atoms with Gasteiger partial charge in [0.25, 0.3) is 5.91 Å². The van der Waals surface area contributed by atoms with Gasteiger partial charge < -0.3 is 9.64 Å². The molecule has 0 spiro atoms. The second kappa shape index (κ2) is 7.87. The topological polar surface area (TPSA) is 47.4 Å². The summed E-state index contributed by atoms with van der Waals surface area (Å²) in [4.78, 5) is 14.5. The van der Waals surface area contributed by atoms with Gasteiger partial charge in [-0.15, -0.1) is 0 Å². The van der Waals surface area contributed by atoms with Crippen molar-refractivity contribution >= 4 is 5.91 Å². The summed E-state index contributed by atoms with van der Waals surface area (Å²) >= 11 is 0. The van der Waals surface area contributed by atoms with Crippen molar-refractivity contribution in [3.05, 3.63) is 66.4 Å². The molecule has 0 N–H and O–H groups in total. The van der Waals surface area contributed by atoms with E-state index in [-0.39, 0.29) is 5.91 Å². The zero-order chi connectivity index (χ0) is 18.5. The molecule has 0 fully saturated rings. The summed E-state index contributed by atoms with van der Waals surface area (Å²) in [5.41, 5.74) is 3.20.